The van der Waals surface area contributed by atoms with Gasteiger partial charge in [-0.05, 0) is 50.2 Å². The van der Waals surface area contributed by atoms with E-state index < -0.39 is 11.7 Å². The first-order valence-electron chi connectivity index (χ1n) is 4.90. The highest BCUT2D eigenvalue weighted by atomic mass is 32.2. The summed E-state index contributed by atoms with van der Waals surface area (Å²) < 4.78 is 40.0. The average molecular weight is 249 g/mol. The van der Waals surface area contributed by atoms with Crippen molar-refractivity contribution in [2.24, 2.45) is 0 Å². The molecule has 0 radical (unpaired) electrons. The minimum atomic E-state index is -4.27. The predicted molar refractivity (Wildman–Crippen MR) is 60.4 cm³/mol. The molecule has 1 aromatic carbocycles. The van der Waals surface area contributed by atoms with Gasteiger partial charge in [0, 0.05) is 4.90 Å². The third-order valence-corrected chi connectivity index (χ3v) is 2.89. The standard InChI is InChI=1S/C11H14F3NS/c1-4-8-5-6-9(16-15(2)3)7-10(8)11(12,13)14/h5-7H,4H2,1-3H3. The second-order valence-corrected chi connectivity index (χ2v) is 4.96. The number of hydrogen-bond donors (Lipinski definition) is 0. The van der Waals surface area contributed by atoms with Gasteiger partial charge in [-0.15, -0.1) is 0 Å². The van der Waals surface area contributed by atoms with E-state index in [1.165, 1.54) is 18.0 Å². The fraction of sp³-hybridized carbons (Fsp3) is 0.455. The molecule has 0 amide bonds. The molecule has 0 aliphatic rings. The zero-order valence-electron chi connectivity index (χ0n) is 9.43. The third kappa shape index (κ3) is 3.42. The molecule has 0 atom stereocenters. The quantitative estimate of drug-likeness (QED) is 0.749. The predicted octanol–water partition coefficient (Wildman–Crippen LogP) is 3.84. The lowest BCUT2D eigenvalue weighted by molar-refractivity contribution is -0.138. The number of alkyl halides is 3. The monoisotopic (exact) mass is 249 g/mol. The molecule has 0 heterocycles. The zero-order valence-corrected chi connectivity index (χ0v) is 10.2. The molecule has 5 heteroatoms. The summed E-state index contributed by atoms with van der Waals surface area (Å²) in [6, 6.07) is 4.48. The topological polar surface area (TPSA) is 3.24 Å². The number of rotatable bonds is 3. The Kier molecular flexibility index (Phi) is 4.27. The molecule has 0 aliphatic heterocycles. The van der Waals surface area contributed by atoms with Crippen molar-refractivity contribution in [1.29, 1.82) is 0 Å². The van der Waals surface area contributed by atoms with Crippen LogP contribution in [-0.2, 0) is 12.6 Å². The van der Waals surface area contributed by atoms with Crippen LogP contribution < -0.4 is 0 Å². The van der Waals surface area contributed by atoms with Crippen molar-refractivity contribution < 1.29 is 13.2 Å². The van der Waals surface area contributed by atoms with Crippen LogP contribution in [0, 0.1) is 0 Å². The first-order chi connectivity index (χ1) is 7.34. The van der Waals surface area contributed by atoms with Gasteiger partial charge in [0.05, 0.1) is 5.56 Å². The minimum absolute atomic E-state index is 0.343. The van der Waals surface area contributed by atoms with Crippen LogP contribution in [0.1, 0.15) is 18.1 Å². The van der Waals surface area contributed by atoms with Crippen LogP contribution in [0.4, 0.5) is 13.2 Å². The number of nitrogens with zero attached hydrogens (tertiary/aromatic N) is 1. The Balaban J connectivity index is 3.12. The SMILES string of the molecule is CCc1ccc(SN(C)C)cc1C(F)(F)F. The molecular formula is C11H14F3NS. The summed E-state index contributed by atoms with van der Waals surface area (Å²) in [4.78, 5) is 0.606. The van der Waals surface area contributed by atoms with Crippen LogP contribution in [0.15, 0.2) is 23.1 Å². The summed E-state index contributed by atoms with van der Waals surface area (Å²) in [5.41, 5.74) is -0.183. The van der Waals surface area contributed by atoms with Crippen molar-refractivity contribution in [3.63, 3.8) is 0 Å². The van der Waals surface area contributed by atoms with Gasteiger partial charge in [0.25, 0.3) is 0 Å². The molecular weight excluding hydrogens is 235 g/mol. The molecule has 16 heavy (non-hydrogen) atoms. The molecule has 0 fully saturated rings. The lowest BCUT2D eigenvalue weighted by Crippen LogP contribution is -2.09. The summed E-state index contributed by atoms with van der Waals surface area (Å²) in [7, 11) is 3.59. The molecule has 0 saturated heterocycles. The number of halogens is 3. The van der Waals surface area contributed by atoms with Crippen molar-refractivity contribution in [1.82, 2.24) is 4.31 Å². The van der Waals surface area contributed by atoms with Gasteiger partial charge >= 0.3 is 6.18 Å². The first kappa shape index (κ1) is 13.4. The highest BCUT2D eigenvalue weighted by molar-refractivity contribution is 7.97. The van der Waals surface area contributed by atoms with Gasteiger partial charge < -0.3 is 0 Å². The number of benzene rings is 1. The Hall–Kier alpha value is -0.680. The van der Waals surface area contributed by atoms with E-state index in [-0.39, 0.29) is 0 Å². The Bertz CT molecular complexity index is 361. The average Bonchev–Trinajstić information content (AvgIpc) is 2.15. The van der Waals surface area contributed by atoms with Crippen molar-refractivity contribution in [2.75, 3.05) is 14.1 Å². The second-order valence-electron chi connectivity index (χ2n) is 3.57. The summed E-state index contributed by atoms with van der Waals surface area (Å²) in [5, 5.41) is 0. The fourth-order valence-electron chi connectivity index (χ4n) is 1.40. The molecule has 0 aromatic heterocycles. The van der Waals surface area contributed by atoms with Gasteiger partial charge in [-0.2, -0.15) is 13.2 Å². The highest BCUT2D eigenvalue weighted by Gasteiger charge is 2.33. The molecule has 1 rings (SSSR count). The number of hydrogen-bond acceptors (Lipinski definition) is 2. The first-order valence-corrected chi connectivity index (χ1v) is 5.67. The van der Waals surface area contributed by atoms with E-state index in [0.29, 0.717) is 16.9 Å². The van der Waals surface area contributed by atoms with Crippen molar-refractivity contribution in [3.8, 4) is 0 Å². The third-order valence-electron chi connectivity index (χ3n) is 2.06. The highest BCUT2D eigenvalue weighted by Crippen LogP contribution is 2.35. The van der Waals surface area contributed by atoms with Gasteiger partial charge in [0.15, 0.2) is 0 Å². The second kappa shape index (κ2) is 5.10. The van der Waals surface area contributed by atoms with Crippen LogP contribution in [-0.4, -0.2) is 18.4 Å². The largest absolute Gasteiger partial charge is 0.416 e. The van der Waals surface area contributed by atoms with Gasteiger partial charge in [-0.1, -0.05) is 13.0 Å². The van der Waals surface area contributed by atoms with Crippen LogP contribution in [0.5, 0.6) is 0 Å². The summed E-state index contributed by atoms with van der Waals surface area (Å²) in [6.45, 7) is 1.73. The maximum Gasteiger partial charge on any atom is 0.416 e. The van der Waals surface area contributed by atoms with Gasteiger partial charge in [-0.25, -0.2) is 0 Å². The van der Waals surface area contributed by atoms with E-state index in [0.717, 1.165) is 0 Å². The van der Waals surface area contributed by atoms with Crippen molar-refractivity contribution in [2.45, 2.75) is 24.4 Å². The van der Waals surface area contributed by atoms with E-state index in [1.54, 1.807) is 37.5 Å². The van der Waals surface area contributed by atoms with Crippen molar-refractivity contribution >= 4 is 11.9 Å². The van der Waals surface area contributed by atoms with Crippen LogP contribution >= 0.6 is 11.9 Å². The smallest absolute Gasteiger partial charge is 0.253 e. The van der Waals surface area contributed by atoms with Crippen LogP contribution in [0.2, 0.25) is 0 Å². The fourth-order valence-corrected chi connectivity index (χ4v) is 2.12. The molecule has 90 valence electrons. The van der Waals surface area contributed by atoms with Crippen LogP contribution in [0.3, 0.4) is 0 Å². The molecule has 0 spiro atoms. The normalized spacial score (nSPS) is 12.2. The van der Waals surface area contributed by atoms with E-state index in [2.05, 4.69) is 0 Å². The van der Waals surface area contributed by atoms with Gasteiger partial charge in [0.2, 0.25) is 0 Å². The van der Waals surface area contributed by atoms with E-state index in [4.69, 9.17) is 0 Å². The Morgan fingerprint density at radius 2 is 1.88 bits per heavy atom. The molecule has 0 aliphatic carbocycles. The maximum absolute atomic E-state index is 12.7. The number of aryl methyl sites for hydroxylation is 1. The van der Waals surface area contributed by atoms with Gasteiger partial charge in [-0.3, -0.25) is 4.31 Å². The summed E-state index contributed by atoms with van der Waals surface area (Å²) >= 11 is 1.28. The molecule has 1 aromatic rings. The molecule has 0 saturated carbocycles. The molecule has 0 bridgehead atoms. The Labute approximate surface area is 97.8 Å². The van der Waals surface area contributed by atoms with Crippen molar-refractivity contribution in [3.05, 3.63) is 29.3 Å². The Morgan fingerprint density at radius 1 is 1.25 bits per heavy atom. The Morgan fingerprint density at radius 3 is 2.31 bits per heavy atom. The zero-order chi connectivity index (χ0) is 12.3. The summed E-state index contributed by atoms with van der Waals surface area (Å²) in [5.74, 6) is 0. The lowest BCUT2D eigenvalue weighted by atomic mass is 10.1. The lowest BCUT2D eigenvalue weighted by Gasteiger charge is -2.15. The van der Waals surface area contributed by atoms with E-state index in [1.807, 2.05) is 0 Å². The summed E-state index contributed by atoms with van der Waals surface area (Å²) in [6.07, 6.45) is -3.88. The maximum atomic E-state index is 12.7. The van der Waals surface area contributed by atoms with Gasteiger partial charge in [0.1, 0.15) is 0 Å². The molecule has 0 N–H and O–H groups in total. The minimum Gasteiger partial charge on any atom is -0.253 e. The molecule has 1 nitrogen and oxygen atoms in total. The van der Waals surface area contributed by atoms with E-state index >= 15 is 0 Å². The molecule has 0 unspecified atom stereocenters. The van der Waals surface area contributed by atoms with Crippen LogP contribution in [0.25, 0.3) is 0 Å². The van der Waals surface area contributed by atoms with E-state index in [9.17, 15) is 13.2 Å².